The molecule has 1 N–H and O–H groups in total. The zero-order valence-electron chi connectivity index (χ0n) is 11.6. The number of nitrogens with zero attached hydrogens (tertiary/aromatic N) is 1. The molecule has 1 heterocycles. The molecule has 108 valence electrons. The van der Waals surface area contributed by atoms with Crippen molar-refractivity contribution >= 4 is 33.4 Å². The maximum atomic E-state index is 12.0. The summed E-state index contributed by atoms with van der Waals surface area (Å²) in [5, 5.41) is 11.4. The van der Waals surface area contributed by atoms with E-state index in [1.165, 1.54) is 4.90 Å². The molecule has 4 nitrogen and oxygen atoms in total. The number of halogens is 1. The number of aliphatic hydroxyl groups is 1. The summed E-state index contributed by atoms with van der Waals surface area (Å²) in [6.45, 7) is 5.37. The molecule has 0 saturated carbocycles. The predicted octanol–water partition coefficient (Wildman–Crippen LogP) is 3.28. The average Bonchev–Trinajstić information content (AvgIpc) is 2.68. The van der Waals surface area contributed by atoms with Gasteiger partial charge in [0, 0.05) is 22.8 Å². The van der Waals surface area contributed by atoms with Crippen LogP contribution < -0.4 is 0 Å². The van der Waals surface area contributed by atoms with Crippen LogP contribution in [-0.2, 0) is 11.2 Å². The Morgan fingerprint density at radius 2 is 2.21 bits per heavy atom. The van der Waals surface area contributed by atoms with E-state index in [0.717, 1.165) is 9.35 Å². The molecule has 1 aromatic heterocycles. The first-order valence-electron chi connectivity index (χ1n) is 6.03. The number of carbonyl (C=O) groups is 1. The molecule has 1 atom stereocenters. The molecule has 0 spiro atoms. The highest BCUT2D eigenvalue weighted by Gasteiger charge is 2.25. The molecule has 0 radical (unpaired) electrons. The van der Waals surface area contributed by atoms with Crippen molar-refractivity contribution < 1.29 is 14.6 Å². The van der Waals surface area contributed by atoms with Gasteiger partial charge in [0.05, 0.1) is 12.6 Å². The quantitative estimate of drug-likeness (QED) is 0.907. The molecular formula is C13H20BrNO3S. The third kappa shape index (κ3) is 5.12. The van der Waals surface area contributed by atoms with Crippen LogP contribution in [-0.4, -0.2) is 41.4 Å². The number of ether oxygens (including phenoxy) is 1. The second-order valence-electron chi connectivity index (χ2n) is 5.32. The van der Waals surface area contributed by atoms with Crippen molar-refractivity contribution in [2.24, 2.45) is 0 Å². The van der Waals surface area contributed by atoms with Crippen molar-refractivity contribution in [1.82, 2.24) is 4.90 Å². The number of rotatable bonds is 4. The van der Waals surface area contributed by atoms with E-state index >= 15 is 0 Å². The average molecular weight is 350 g/mol. The van der Waals surface area contributed by atoms with Crippen LogP contribution in [0.2, 0.25) is 0 Å². The van der Waals surface area contributed by atoms with E-state index in [9.17, 15) is 9.90 Å². The lowest BCUT2D eigenvalue weighted by atomic mass is 10.1. The summed E-state index contributed by atoms with van der Waals surface area (Å²) in [5.74, 6) is 0. The first kappa shape index (κ1) is 16.5. The molecule has 0 saturated heterocycles. The number of aliphatic hydroxyl groups excluding tert-OH is 1. The number of thiophene rings is 1. The molecule has 0 aliphatic rings. The van der Waals surface area contributed by atoms with Gasteiger partial charge in [-0.15, -0.1) is 11.3 Å². The van der Waals surface area contributed by atoms with Gasteiger partial charge in [-0.1, -0.05) is 0 Å². The topological polar surface area (TPSA) is 49.8 Å². The Morgan fingerprint density at radius 1 is 1.58 bits per heavy atom. The number of hydrogen-bond donors (Lipinski definition) is 1. The van der Waals surface area contributed by atoms with Gasteiger partial charge in [0.25, 0.3) is 0 Å². The molecule has 1 unspecified atom stereocenters. The van der Waals surface area contributed by atoms with Gasteiger partial charge in [-0.3, -0.25) is 0 Å². The van der Waals surface area contributed by atoms with Gasteiger partial charge in [-0.05, 0) is 48.1 Å². The lowest BCUT2D eigenvalue weighted by Gasteiger charge is -2.29. The molecule has 0 fully saturated rings. The SMILES string of the molecule is CN(C(=O)OC(C)(C)C)C(CO)Cc1sccc1Br. The van der Waals surface area contributed by atoms with Crippen molar-refractivity contribution in [2.45, 2.75) is 38.8 Å². The van der Waals surface area contributed by atoms with E-state index in [1.54, 1.807) is 18.4 Å². The molecule has 6 heteroatoms. The highest BCUT2D eigenvalue weighted by Crippen LogP contribution is 2.25. The fourth-order valence-electron chi connectivity index (χ4n) is 1.49. The van der Waals surface area contributed by atoms with E-state index in [2.05, 4.69) is 15.9 Å². The Hall–Kier alpha value is -0.590. The number of carbonyl (C=O) groups excluding carboxylic acids is 1. The first-order chi connectivity index (χ1) is 8.74. The molecule has 0 aliphatic carbocycles. The minimum atomic E-state index is -0.533. The molecular weight excluding hydrogens is 330 g/mol. The zero-order valence-corrected chi connectivity index (χ0v) is 14.0. The van der Waals surface area contributed by atoms with Gasteiger partial charge >= 0.3 is 6.09 Å². The van der Waals surface area contributed by atoms with E-state index in [4.69, 9.17) is 4.74 Å². The molecule has 19 heavy (non-hydrogen) atoms. The molecule has 1 amide bonds. The van der Waals surface area contributed by atoms with E-state index < -0.39 is 11.7 Å². The smallest absolute Gasteiger partial charge is 0.410 e. The van der Waals surface area contributed by atoms with Crippen LogP contribution in [0.3, 0.4) is 0 Å². The van der Waals surface area contributed by atoms with Gasteiger partial charge in [0.2, 0.25) is 0 Å². The van der Waals surface area contributed by atoms with Crippen LogP contribution in [0.15, 0.2) is 15.9 Å². The molecule has 0 bridgehead atoms. The summed E-state index contributed by atoms with van der Waals surface area (Å²) >= 11 is 5.05. The molecule has 1 rings (SSSR count). The predicted molar refractivity (Wildman–Crippen MR) is 80.6 cm³/mol. The fraction of sp³-hybridized carbons (Fsp3) is 0.615. The Kier molecular flexibility index (Phi) is 5.82. The van der Waals surface area contributed by atoms with Crippen molar-refractivity contribution in [2.75, 3.05) is 13.7 Å². The van der Waals surface area contributed by atoms with Crippen LogP contribution in [0.1, 0.15) is 25.6 Å². The van der Waals surface area contributed by atoms with Gasteiger partial charge in [-0.2, -0.15) is 0 Å². The summed E-state index contributed by atoms with van der Waals surface area (Å²) < 4.78 is 6.31. The molecule has 1 aromatic rings. The van der Waals surface area contributed by atoms with E-state index in [-0.39, 0.29) is 12.6 Å². The summed E-state index contributed by atoms with van der Waals surface area (Å²) in [6.07, 6.45) is 0.184. The minimum Gasteiger partial charge on any atom is -0.444 e. The third-order valence-electron chi connectivity index (χ3n) is 2.55. The van der Waals surface area contributed by atoms with Crippen molar-refractivity contribution in [3.8, 4) is 0 Å². The Balaban J connectivity index is 2.69. The van der Waals surface area contributed by atoms with E-state index in [0.29, 0.717) is 6.42 Å². The monoisotopic (exact) mass is 349 g/mol. The van der Waals surface area contributed by atoms with E-state index in [1.807, 2.05) is 32.2 Å². The maximum Gasteiger partial charge on any atom is 0.410 e. The van der Waals surface area contributed by atoms with Crippen LogP contribution in [0.25, 0.3) is 0 Å². The second kappa shape index (κ2) is 6.72. The number of hydrogen-bond acceptors (Lipinski definition) is 4. The normalized spacial score (nSPS) is 13.2. The molecule has 0 aliphatic heterocycles. The van der Waals surface area contributed by atoms with Crippen LogP contribution in [0.4, 0.5) is 4.79 Å². The third-order valence-corrected chi connectivity index (χ3v) is 4.50. The van der Waals surface area contributed by atoms with Crippen LogP contribution >= 0.6 is 27.3 Å². The summed E-state index contributed by atoms with van der Waals surface area (Å²) in [7, 11) is 1.65. The summed E-state index contributed by atoms with van der Waals surface area (Å²) in [4.78, 5) is 14.5. The van der Waals surface area contributed by atoms with Gasteiger partial charge in [0.1, 0.15) is 5.60 Å². The zero-order chi connectivity index (χ0) is 14.6. The van der Waals surface area contributed by atoms with Gasteiger partial charge in [-0.25, -0.2) is 4.79 Å². The first-order valence-corrected chi connectivity index (χ1v) is 7.70. The largest absolute Gasteiger partial charge is 0.444 e. The van der Waals surface area contributed by atoms with Crippen LogP contribution in [0.5, 0.6) is 0 Å². The van der Waals surface area contributed by atoms with Gasteiger partial charge in [0.15, 0.2) is 0 Å². The highest BCUT2D eigenvalue weighted by atomic mass is 79.9. The Labute approximate surface area is 126 Å². The lowest BCUT2D eigenvalue weighted by molar-refractivity contribution is 0.0163. The lowest BCUT2D eigenvalue weighted by Crippen LogP contribution is -2.43. The number of amides is 1. The Morgan fingerprint density at radius 3 is 2.63 bits per heavy atom. The summed E-state index contributed by atoms with van der Waals surface area (Å²) in [5.41, 5.74) is -0.533. The standard InChI is InChI=1S/C13H20BrNO3S/c1-13(2,3)18-12(17)15(4)9(8-16)7-11-10(14)5-6-19-11/h5-6,9,16H,7-8H2,1-4H3. The Bertz CT molecular complexity index is 428. The maximum absolute atomic E-state index is 12.0. The summed E-state index contributed by atoms with van der Waals surface area (Å²) in [6, 6.07) is 1.67. The number of likely N-dealkylation sites (N-methyl/N-ethyl adjacent to an activating group) is 1. The van der Waals surface area contributed by atoms with Crippen LogP contribution in [0, 0.1) is 0 Å². The van der Waals surface area contributed by atoms with Gasteiger partial charge < -0.3 is 14.7 Å². The fourth-order valence-corrected chi connectivity index (χ4v) is 3.08. The van der Waals surface area contributed by atoms with Crippen molar-refractivity contribution in [3.63, 3.8) is 0 Å². The molecule has 0 aromatic carbocycles. The van der Waals surface area contributed by atoms with Crippen molar-refractivity contribution in [3.05, 3.63) is 20.8 Å². The highest BCUT2D eigenvalue weighted by molar-refractivity contribution is 9.10. The second-order valence-corrected chi connectivity index (χ2v) is 7.18. The van der Waals surface area contributed by atoms with Crippen molar-refractivity contribution in [1.29, 1.82) is 0 Å². The minimum absolute atomic E-state index is 0.0971.